The quantitative estimate of drug-likeness (QED) is 0.764. The fourth-order valence-corrected chi connectivity index (χ4v) is 1.84. The molecule has 0 aliphatic rings. The Morgan fingerprint density at radius 3 is 2.00 bits per heavy atom. The second-order valence-corrected chi connectivity index (χ2v) is 5.52. The summed E-state index contributed by atoms with van der Waals surface area (Å²) < 4.78 is 0. The van der Waals surface area contributed by atoms with Crippen molar-refractivity contribution in [1.82, 2.24) is 5.32 Å². The van der Waals surface area contributed by atoms with Crippen LogP contribution in [0, 0.1) is 0 Å². The van der Waals surface area contributed by atoms with Crippen LogP contribution in [0.5, 0.6) is 0 Å². The summed E-state index contributed by atoms with van der Waals surface area (Å²) >= 11 is 0. The van der Waals surface area contributed by atoms with E-state index in [-0.39, 0.29) is 5.54 Å². The monoisotopic (exact) mass is 233 g/mol. The van der Waals surface area contributed by atoms with Crippen LogP contribution < -0.4 is 5.32 Å². The van der Waals surface area contributed by atoms with Gasteiger partial charge in [0, 0.05) is 12.1 Å². The zero-order chi connectivity index (χ0) is 12.9. The predicted molar refractivity (Wildman–Crippen MR) is 76.4 cm³/mol. The molecular weight excluding hydrogens is 206 g/mol. The van der Waals surface area contributed by atoms with Crippen LogP contribution in [0.3, 0.4) is 0 Å². The minimum Gasteiger partial charge on any atom is -0.307 e. The SMILES string of the molecule is CCC(C)(CC)NCc1ccc(C(C)C)cc1. The van der Waals surface area contributed by atoms with Gasteiger partial charge in [-0.25, -0.2) is 0 Å². The molecule has 0 aliphatic heterocycles. The fourth-order valence-electron chi connectivity index (χ4n) is 1.84. The molecule has 0 unspecified atom stereocenters. The molecule has 1 rings (SSSR count). The average molecular weight is 233 g/mol. The van der Waals surface area contributed by atoms with Gasteiger partial charge < -0.3 is 5.32 Å². The highest BCUT2D eigenvalue weighted by Gasteiger charge is 2.17. The third-order valence-corrected chi connectivity index (χ3v) is 3.93. The maximum atomic E-state index is 3.66. The summed E-state index contributed by atoms with van der Waals surface area (Å²) in [4.78, 5) is 0. The van der Waals surface area contributed by atoms with Gasteiger partial charge in [-0.2, -0.15) is 0 Å². The molecule has 0 amide bonds. The van der Waals surface area contributed by atoms with Crippen LogP contribution in [0.1, 0.15) is 64.5 Å². The van der Waals surface area contributed by atoms with Crippen molar-refractivity contribution < 1.29 is 0 Å². The molecule has 96 valence electrons. The lowest BCUT2D eigenvalue weighted by Crippen LogP contribution is -2.40. The average Bonchev–Trinajstić information content (AvgIpc) is 2.36. The topological polar surface area (TPSA) is 12.0 Å². The van der Waals surface area contributed by atoms with Gasteiger partial charge in [0.25, 0.3) is 0 Å². The third-order valence-electron chi connectivity index (χ3n) is 3.93. The third kappa shape index (κ3) is 4.16. The Bertz CT molecular complexity index is 320. The zero-order valence-corrected chi connectivity index (χ0v) is 12.0. The molecule has 0 aliphatic carbocycles. The van der Waals surface area contributed by atoms with Gasteiger partial charge in [-0.3, -0.25) is 0 Å². The smallest absolute Gasteiger partial charge is 0.0210 e. The molecule has 1 aromatic carbocycles. The predicted octanol–water partition coefficient (Wildman–Crippen LogP) is 4.48. The van der Waals surface area contributed by atoms with E-state index >= 15 is 0 Å². The minimum absolute atomic E-state index is 0.275. The van der Waals surface area contributed by atoms with Crippen molar-refractivity contribution in [3.8, 4) is 0 Å². The molecule has 0 saturated heterocycles. The largest absolute Gasteiger partial charge is 0.307 e. The highest BCUT2D eigenvalue weighted by molar-refractivity contribution is 5.24. The normalized spacial score (nSPS) is 12.1. The number of nitrogens with one attached hydrogen (secondary N) is 1. The van der Waals surface area contributed by atoms with Gasteiger partial charge >= 0.3 is 0 Å². The van der Waals surface area contributed by atoms with Gasteiger partial charge in [0.05, 0.1) is 0 Å². The van der Waals surface area contributed by atoms with Gasteiger partial charge in [0.1, 0.15) is 0 Å². The molecule has 1 nitrogen and oxygen atoms in total. The summed E-state index contributed by atoms with van der Waals surface area (Å²) in [6.45, 7) is 12.2. The molecule has 0 aromatic heterocycles. The molecule has 17 heavy (non-hydrogen) atoms. The number of benzene rings is 1. The van der Waals surface area contributed by atoms with E-state index in [0.717, 1.165) is 6.54 Å². The molecular formula is C16H27N. The summed E-state index contributed by atoms with van der Waals surface area (Å²) in [7, 11) is 0. The Morgan fingerprint density at radius 2 is 1.59 bits per heavy atom. The van der Waals surface area contributed by atoms with Crippen molar-refractivity contribution in [2.24, 2.45) is 0 Å². The van der Waals surface area contributed by atoms with Crippen LogP contribution in [-0.2, 0) is 6.54 Å². The van der Waals surface area contributed by atoms with E-state index in [1.54, 1.807) is 0 Å². The number of rotatable bonds is 6. The molecule has 0 bridgehead atoms. The van der Waals surface area contributed by atoms with Gasteiger partial charge in [-0.1, -0.05) is 52.0 Å². The molecule has 0 heterocycles. The van der Waals surface area contributed by atoms with Crippen molar-refractivity contribution in [3.05, 3.63) is 35.4 Å². The van der Waals surface area contributed by atoms with Crippen LogP contribution in [0.2, 0.25) is 0 Å². The summed E-state index contributed by atoms with van der Waals surface area (Å²) in [5.74, 6) is 0.619. The van der Waals surface area contributed by atoms with E-state index in [1.165, 1.54) is 24.0 Å². The molecule has 0 radical (unpaired) electrons. The molecule has 1 N–H and O–H groups in total. The van der Waals surface area contributed by atoms with Crippen LogP contribution in [0.15, 0.2) is 24.3 Å². The van der Waals surface area contributed by atoms with E-state index in [0.29, 0.717) is 5.92 Å². The maximum absolute atomic E-state index is 3.66. The summed E-state index contributed by atoms with van der Waals surface area (Å²) in [6, 6.07) is 8.98. The lowest BCUT2D eigenvalue weighted by molar-refractivity contribution is 0.329. The number of hydrogen-bond acceptors (Lipinski definition) is 1. The maximum Gasteiger partial charge on any atom is 0.0210 e. The van der Waals surface area contributed by atoms with E-state index in [2.05, 4.69) is 64.2 Å². The van der Waals surface area contributed by atoms with E-state index in [4.69, 9.17) is 0 Å². The Labute approximate surface area is 107 Å². The molecule has 1 heteroatoms. The van der Waals surface area contributed by atoms with Crippen molar-refractivity contribution >= 4 is 0 Å². The lowest BCUT2D eigenvalue weighted by atomic mass is 9.95. The van der Waals surface area contributed by atoms with Crippen molar-refractivity contribution in [2.75, 3.05) is 0 Å². The molecule has 0 fully saturated rings. The Balaban J connectivity index is 2.58. The molecule has 0 spiro atoms. The summed E-state index contributed by atoms with van der Waals surface area (Å²) in [5, 5.41) is 3.66. The second-order valence-electron chi connectivity index (χ2n) is 5.52. The van der Waals surface area contributed by atoms with Gasteiger partial charge in [0.15, 0.2) is 0 Å². The Morgan fingerprint density at radius 1 is 1.06 bits per heavy atom. The van der Waals surface area contributed by atoms with E-state index in [9.17, 15) is 0 Å². The van der Waals surface area contributed by atoms with Crippen LogP contribution in [0.4, 0.5) is 0 Å². The minimum atomic E-state index is 0.275. The first-order valence-electron chi connectivity index (χ1n) is 6.84. The van der Waals surface area contributed by atoms with Gasteiger partial charge in [-0.05, 0) is 36.8 Å². The molecule has 0 saturated carbocycles. The number of hydrogen-bond donors (Lipinski definition) is 1. The summed E-state index contributed by atoms with van der Waals surface area (Å²) in [6.07, 6.45) is 2.35. The Kier molecular flexibility index (Phi) is 5.20. The highest BCUT2D eigenvalue weighted by Crippen LogP contribution is 2.17. The van der Waals surface area contributed by atoms with E-state index < -0.39 is 0 Å². The first-order chi connectivity index (χ1) is 8.00. The highest BCUT2D eigenvalue weighted by atomic mass is 15.0. The standard InChI is InChI=1S/C16H27N/c1-6-16(5,7-2)17-12-14-8-10-15(11-9-14)13(3)4/h8-11,13,17H,6-7,12H2,1-5H3. The lowest BCUT2D eigenvalue weighted by Gasteiger charge is -2.28. The molecule has 1 aromatic rings. The fraction of sp³-hybridized carbons (Fsp3) is 0.625. The first-order valence-corrected chi connectivity index (χ1v) is 6.84. The van der Waals surface area contributed by atoms with Crippen LogP contribution in [-0.4, -0.2) is 5.54 Å². The summed E-state index contributed by atoms with van der Waals surface area (Å²) in [5.41, 5.74) is 3.07. The van der Waals surface area contributed by atoms with Gasteiger partial charge in [0.2, 0.25) is 0 Å². The molecule has 0 atom stereocenters. The van der Waals surface area contributed by atoms with Gasteiger partial charge in [-0.15, -0.1) is 0 Å². The Hall–Kier alpha value is -0.820. The van der Waals surface area contributed by atoms with Crippen molar-refractivity contribution in [1.29, 1.82) is 0 Å². The van der Waals surface area contributed by atoms with Crippen molar-refractivity contribution in [2.45, 2.75) is 65.5 Å². The van der Waals surface area contributed by atoms with Crippen LogP contribution in [0.25, 0.3) is 0 Å². The first kappa shape index (κ1) is 14.2. The van der Waals surface area contributed by atoms with E-state index in [1.807, 2.05) is 0 Å². The van der Waals surface area contributed by atoms with Crippen molar-refractivity contribution in [3.63, 3.8) is 0 Å². The second kappa shape index (κ2) is 6.20. The van der Waals surface area contributed by atoms with Crippen LogP contribution >= 0.6 is 0 Å². The zero-order valence-electron chi connectivity index (χ0n) is 12.0.